The number of furan rings is 1. The van der Waals surface area contributed by atoms with Gasteiger partial charge in [0.05, 0.1) is 21.9 Å². The molecule has 0 N–H and O–H groups in total. The number of hydrogen-bond donors (Lipinski definition) is 0. The van der Waals surface area contributed by atoms with E-state index in [0.717, 1.165) is 33.3 Å². The Bertz CT molecular complexity index is 3010. The van der Waals surface area contributed by atoms with Crippen molar-refractivity contribution in [2.45, 2.75) is 0 Å². The van der Waals surface area contributed by atoms with Crippen molar-refractivity contribution in [2.24, 2.45) is 0 Å². The number of hydrogen-bond acceptors (Lipinski definition) is 2. The van der Waals surface area contributed by atoms with E-state index in [-0.39, 0.29) is 0 Å². The molecule has 0 aliphatic rings. The zero-order valence-electron chi connectivity index (χ0n) is 25.7. The number of thiophene rings is 1. The van der Waals surface area contributed by atoms with Crippen molar-refractivity contribution in [3.05, 3.63) is 158 Å². The molecule has 7 aromatic carbocycles. The molecule has 0 saturated heterocycles. The van der Waals surface area contributed by atoms with Crippen molar-refractivity contribution in [2.75, 3.05) is 0 Å². The molecule has 11 rings (SSSR count). The first-order chi connectivity index (χ1) is 23.8. The molecule has 0 aliphatic heterocycles. The number of para-hydroxylation sites is 4. The van der Waals surface area contributed by atoms with Crippen LogP contribution in [0.15, 0.2) is 162 Å². The highest BCUT2D eigenvalue weighted by Crippen LogP contribution is 2.42. The summed E-state index contributed by atoms with van der Waals surface area (Å²) in [6, 6.07) is 57.0. The lowest BCUT2D eigenvalue weighted by Gasteiger charge is -2.09. The third kappa shape index (κ3) is 3.58. The molecule has 224 valence electrons. The summed E-state index contributed by atoms with van der Waals surface area (Å²) in [6.07, 6.45) is 0. The first-order valence-electron chi connectivity index (χ1n) is 16.3. The van der Waals surface area contributed by atoms with Crippen LogP contribution in [0.5, 0.6) is 0 Å². The molecule has 3 nitrogen and oxygen atoms in total. The van der Waals surface area contributed by atoms with Crippen LogP contribution in [0.3, 0.4) is 0 Å². The lowest BCUT2D eigenvalue weighted by molar-refractivity contribution is 0.645. The van der Waals surface area contributed by atoms with Crippen molar-refractivity contribution < 1.29 is 4.42 Å². The van der Waals surface area contributed by atoms with Gasteiger partial charge in [-0.3, -0.25) is 4.57 Å². The lowest BCUT2D eigenvalue weighted by atomic mass is 10.0. The highest BCUT2D eigenvalue weighted by molar-refractivity contribution is 7.25. The van der Waals surface area contributed by atoms with Gasteiger partial charge in [0.1, 0.15) is 5.58 Å². The summed E-state index contributed by atoms with van der Waals surface area (Å²) in [4.78, 5) is 0. The van der Waals surface area contributed by atoms with E-state index in [1.54, 1.807) is 0 Å². The Morgan fingerprint density at radius 3 is 1.81 bits per heavy atom. The molecule has 0 unspecified atom stereocenters. The van der Waals surface area contributed by atoms with Gasteiger partial charge in [-0.2, -0.15) is 0 Å². The van der Waals surface area contributed by atoms with E-state index in [0.29, 0.717) is 0 Å². The van der Waals surface area contributed by atoms with Gasteiger partial charge in [0, 0.05) is 53.1 Å². The summed E-state index contributed by atoms with van der Waals surface area (Å²) in [5.74, 6) is 0. The second-order valence-corrected chi connectivity index (χ2v) is 13.6. The molecule has 48 heavy (non-hydrogen) atoms. The first-order valence-corrected chi connectivity index (χ1v) is 17.1. The van der Waals surface area contributed by atoms with Gasteiger partial charge in [-0.1, -0.05) is 91.0 Å². The van der Waals surface area contributed by atoms with Gasteiger partial charge in [-0.05, 0) is 77.9 Å². The predicted octanol–water partition coefficient (Wildman–Crippen LogP) is 12.7. The van der Waals surface area contributed by atoms with E-state index in [4.69, 9.17) is 4.42 Å². The third-order valence-electron chi connectivity index (χ3n) is 9.93. The van der Waals surface area contributed by atoms with E-state index in [2.05, 4.69) is 161 Å². The Morgan fingerprint density at radius 1 is 0.396 bits per heavy atom. The Labute approximate surface area is 279 Å². The molecule has 0 atom stereocenters. The third-order valence-corrected chi connectivity index (χ3v) is 11.1. The molecule has 4 heteroatoms. The van der Waals surface area contributed by atoms with E-state index in [1.807, 2.05) is 17.4 Å². The van der Waals surface area contributed by atoms with Crippen molar-refractivity contribution in [3.63, 3.8) is 0 Å². The van der Waals surface area contributed by atoms with Crippen LogP contribution in [0.2, 0.25) is 0 Å². The van der Waals surface area contributed by atoms with Crippen molar-refractivity contribution >= 4 is 86.3 Å². The van der Waals surface area contributed by atoms with Gasteiger partial charge < -0.3 is 8.98 Å². The Morgan fingerprint density at radius 2 is 1.02 bits per heavy atom. The van der Waals surface area contributed by atoms with Gasteiger partial charge in [0.2, 0.25) is 5.71 Å². The Kier molecular flexibility index (Phi) is 5.26. The first kappa shape index (κ1) is 26.0. The van der Waals surface area contributed by atoms with Crippen LogP contribution in [-0.2, 0) is 0 Å². The summed E-state index contributed by atoms with van der Waals surface area (Å²) in [6.45, 7) is 0. The number of rotatable bonds is 3. The molecule has 0 bridgehead atoms. The van der Waals surface area contributed by atoms with Crippen molar-refractivity contribution in [3.8, 4) is 22.5 Å². The number of nitrogens with zero attached hydrogens (tertiary/aromatic N) is 2. The molecule has 11 aromatic rings. The second-order valence-electron chi connectivity index (χ2n) is 12.5. The van der Waals surface area contributed by atoms with Crippen LogP contribution in [0, 0.1) is 0 Å². The maximum Gasteiger partial charge on any atom is 0.213 e. The average Bonchev–Trinajstić information content (AvgIpc) is 3.88. The second kappa shape index (κ2) is 9.71. The molecule has 0 aliphatic carbocycles. The van der Waals surface area contributed by atoms with Gasteiger partial charge in [0.15, 0.2) is 0 Å². The summed E-state index contributed by atoms with van der Waals surface area (Å²) in [5.41, 5.74) is 10.0. The maximum absolute atomic E-state index is 6.52. The molecule has 0 radical (unpaired) electrons. The van der Waals surface area contributed by atoms with Crippen LogP contribution >= 0.6 is 11.3 Å². The average molecular weight is 631 g/mol. The molecule has 0 fully saturated rings. The monoisotopic (exact) mass is 630 g/mol. The highest BCUT2D eigenvalue weighted by atomic mass is 32.1. The van der Waals surface area contributed by atoms with Gasteiger partial charge in [-0.25, -0.2) is 0 Å². The predicted molar refractivity (Wildman–Crippen MR) is 203 cm³/mol. The summed E-state index contributed by atoms with van der Waals surface area (Å²) >= 11 is 1.86. The molecule has 0 spiro atoms. The highest BCUT2D eigenvalue weighted by Gasteiger charge is 2.20. The van der Waals surface area contributed by atoms with Crippen LogP contribution in [-0.4, -0.2) is 9.13 Å². The smallest absolute Gasteiger partial charge is 0.213 e. The minimum absolute atomic E-state index is 0.881. The molecular formula is C44H26N2OS. The standard InChI is InChI=1S/C44H26N2OS/c1-2-10-29(11-3-1)46-39-25-28(18-21-33(39)43-34-14-6-9-17-40(34)47-44(43)46)27-19-22-41-35(24-27)36-26-30(20-23-42(36)48-41)45-37-15-7-4-12-31(37)32-13-5-8-16-38(32)45/h1-26H. The number of benzene rings is 7. The molecular weight excluding hydrogens is 605 g/mol. The van der Waals surface area contributed by atoms with E-state index < -0.39 is 0 Å². The van der Waals surface area contributed by atoms with Gasteiger partial charge in [-0.15, -0.1) is 11.3 Å². The van der Waals surface area contributed by atoms with Crippen LogP contribution in [0.25, 0.3) is 97.5 Å². The molecule has 0 saturated carbocycles. The molecule has 4 aromatic heterocycles. The zero-order valence-corrected chi connectivity index (χ0v) is 26.5. The van der Waals surface area contributed by atoms with Crippen LogP contribution in [0.4, 0.5) is 0 Å². The zero-order chi connectivity index (χ0) is 31.3. The lowest BCUT2D eigenvalue weighted by Crippen LogP contribution is -1.93. The Balaban J connectivity index is 1.12. The van der Waals surface area contributed by atoms with Crippen molar-refractivity contribution in [1.82, 2.24) is 9.13 Å². The maximum atomic E-state index is 6.52. The van der Waals surface area contributed by atoms with Gasteiger partial charge >= 0.3 is 0 Å². The number of aromatic nitrogens is 2. The summed E-state index contributed by atoms with van der Waals surface area (Å²) in [5, 5.41) is 8.63. The topological polar surface area (TPSA) is 23.0 Å². The minimum Gasteiger partial charge on any atom is -0.439 e. The Hall–Kier alpha value is -6.10. The minimum atomic E-state index is 0.881. The quantitative estimate of drug-likeness (QED) is 0.190. The fourth-order valence-electron chi connectivity index (χ4n) is 7.79. The summed E-state index contributed by atoms with van der Waals surface area (Å²) < 4.78 is 13.8. The molecule has 4 heterocycles. The normalized spacial score (nSPS) is 12.2. The van der Waals surface area contributed by atoms with E-state index in [1.165, 1.54) is 64.2 Å². The van der Waals surface area contributed by atoms with E-state index in [9.17, 15) is 0 Å². The van der Waals surface area contributed by atoms with Crippen LogP contribution < -0.4 is 0 Å². The van der Waals surface area contributed by atoms with Crippen molar-refractivity contribution in [1.29, 1.82) is 0 Å². The van der Waals surface area contributed by atoms with Crippen LogP contribution in [0.1, 0.15) is 0 Å². The summed E-state index contributed by atoms with van der Waals surface area (Å²) in [7, 11) is 0. The van der Waals surface area contributed by atoms with Gasteiger partial charge in [0.25, 0.3) is 0 Å². The largest absolute Gasteiger partial charge is 0.439 e. The fourth-order valence-corrected chi connectivity index (χ4v) is 8.85. The fraction of sp³-hybridized carbons (Fsp3) is 0. The molecule has 0 amide bonds. The van der Waals surface area contributed by atoms with E-state index >= 15 is 0 Å². The number of fused-ring (bicyclic) bond motifs is 11. The SMILES string of the molecule is c1ccc(-n2c3cc(-c4ccc5sc6ccc(-n7c8ccccc8c8ccccc87)cc6c5c4)ccc3c3c4ccccc4oc32)cc1.